The highest BCUT2D eigenvalue weighted by molar-refractivity contribution is 5.83. The van der Waals surface area contributed by atoms with Gasteiger partial charge in [-0.3, -0.25) is 9.78 Å². The molecule has 0 aliphatic rings. The Kier molecular flexibility index (Phi) is 4.89. The summed E-state index contributed by atoms with van der Waals surface area (Å²) in [6, 6.07) is 18.0. The molecule has 1 unspecified atom stereocenters. The molecule has 4 nitrogen and oxygen atoms in total. The van der Waals surface area contributed by atoms with E-state index < -0.39 is 0 Å². The van der Waals surface area contributed by atoms with Crippen LogP contribution in [0.2, 0.25) is 0 Å². The molecule has 0 radical (unpaired) electrons. The number of benzene rings is 2. The van der Waals surface area contributed by atoms with E-state index in [1.807, 2.05) is 49.4 Å². The van der Waals surface area contributed by atoms with E-state index in [1.54, 1.807) is 29.2 Å². The molecule has 0 saturated heterocycles. The van der Waals surface area contributed by atoms with Crippen molar-refractivity contribution in [3.05, 3.63) is 102 Å². The van der Waals surface area contributed by atoms with Crippen LogP contribution in [0.25, 0.3) is 10.9 Å². The number of carbonyl (C=O) groups excluding carboxylic acids is 1. The third-order valence-electron chi connectivity index (χ3n) is 4.89. The molecule has 4 aromatic rings. The quantitative estimate of drug-likeness (QED) is 0.564. The number of nitrogens with one attached hydrogen (secondary N) is 1. The molecule has 28 heavy (non-hydrogen) atoms. The molecular formula is C23H20FN3O. The largest absolute Gasteiger partial charge is 0.344 e. The van der Waals surface area contributed by atoms with Crippen molar-refractivity contribution in [1.82, 2.24) is 14.9 Å². The minimum Gasteiger partial charge on any atom is -0.344 e. The molecule has 4 rings (SSSR count). The lowest BCUT2D eigenvalue weighted by Crippen LogP contribution is -2.32. The third-order valence-corrected chi connectivity index (χ3v) is 4.89. The van der Waals surface area contributed by atoms with Gasteiger partial charge in [0.2, 0.25) is 5.91 Å². The van der Waals surface area contributed by atoms with Gasteiger partial charge >= 0.3 is 0 Å². The number of carbonyl (C=O) groups is 1. The van der Waals surface area contributed by atoms with Crippen molar-refractivity contribution < 1.29 is 9.18 Å². The summed E-state index contributed by atoms with van der Waals surface area (Å²) in [6.45, 7) is 2.14. The van der Waals surface area contributed by atoms with E-state index in [-0.39, 0.29) is 24.3 Å². The first-order valence-electron chi connectivity index (χ1n) is 9.11. The van der Waals surface area contributed by atoms with Gasteiger partial charge in [-0.25, -0.2) is 4.39 Å². The number of halogens is 1. The molecule has 0 bridgehead atoms. The van der Waals surface area contributed by atoms with Gasteiger partial charge in [-0.2, -0.15) is 0 Å². The molecule has 0 fully saturated rings. The number of nitrogens with zero attached hydrogens (tertiary/aromatic N) is 2. The van der Waals surface area contributed by atoms with E-state index in [2.05, 4.69) is 10.3 Å². The monoisotopic (exact) mass is 373 g/mol. The number of hydrogen-bond acceptors (Lipinski definition) is 2. The molecule has 0 spiro atoms. The molecule has 1 N–H and O–H groups in total. The van der Waals surface area contributed by atoms with Crippen LogP contribution in [0.4, 0.5) is 4.39 Å². The minimum absolute atomic E-state index is 0.112. The van der Waals surface area contributed by atoms with Crippen molar-refractivity contribution in [1.29, 1.82) is 0 Å². The number of hydrogen-bond donors (Lipinski definition) is 1. The van der Waals surface area contributed by atoms with E-state index in [0.717, 1.165) is 22.1 Å². The predicted octanol–water partition coefficient (Wildman–Crippen LogP) is 4.39. The summed E-state index contributed by atoms with van der Waals surface area (Å²) in [5.41, 5.74) is 3.79. The first-order chi connectivity index (χ1) is 13.6. The van der Waals surface area contributed by atoms with E-state index in [9.17, 15) is 9.18 Å². The summed E-state index contributed by atoms with van der Waals surface area (Å²) in [4.78, 5) is 16.9. The van der Waals surface area contributed by atoms with Crippen molar-refractivity contribution in [2.75, 3.05) is 0 Å². The second-order valence-corrected chi connectivity index (χ2v) is 6.78. The molecule has 1 atom stereocenters. The number of pyridine rings is 1. The SMILES string of the molecule is Cc1ccccc1C(NC(=O)Cn1ccc2ccc(F)cc21)c1ccncc1. The van der Waals surface area contributed by atoms with Crippen molar-refractivity contribution in [2.45, 2.75) is 19.5 Å². The Morgan fingerprint density at radius 1 is 1.11 bits per heavy atom. The number of amides is 1. The molecule has 2 heterocycles. The average Bonchev–Trinajstić information content (AvgIpc) is 3.09. The maximum atomic E-state index is 13.6. The van der Waals surface area contributed by atoms with Crippen LogP contribution in [-0.2, 0) is 11.3 Å². The maximum Gasteiger partial charge on any atom is 0.240 e. The molecule has 2 aromatic carbocycles. The van der Waals surface area contributed by atoms with Gasteiger partial charge < -0.3 is 9.88 Å². The second kappa shape index (κ2) is 7.64. The Labute approximate surface area is 162 Å². The number of fused-ring (bicyclic) bond motifs is 1. The summed E-state index contributed by atoms with van der Waals surface area (Å²) < 4.78 is 15.4. The van der Waals surface area contributed by atoms with Gasteiger partial charge in [-0.1, -0.05) is 24.3 Å². The van der Waals surface area contributed by atoms with Crippen LogP contribution < -0.4 is 5.32 Å². The van der Waals surface area contributed by atoms with Crippen LogP contribution in [0.1, 0.15) is 22.7 Å². The highest BCUT2D eigenvalue weighted by Gasteiger charge is 2.19. The first-order valence-corrected chi connectivity index (χ1v) is 9.11. The van der Waals surface area contributed by atoms with Crippen molar-refractivity contribution in [3.63, 3.8) is 0 Å². The lowest BCUT2D eigenvalue weighted by molar-refractivity contribution is -0.122. The van der Waals surface area contributed by atoms with Gasteiger partial charge in [0.25, 0.3) is 0 Å². The maximum absolute atomic E-state index is 13.6. The molecule has 0 saturated carbocycles. The van der Waals surface area contributed by atoms with Crippen LogP contribution in [0.5, 0.6) is 0 Å². The van der Waals surface area contributed by atoms with Crippen LogP contribution in [-0.4, -0.2) is 15.5 Å². The van der Waals surface area contributed by atoms with E-state index >= 15 is 0 Å². The molecular weight excluding hydrogens is 353 g/mol. The lowest BCUT2D eigenvalue weighted by Gasteiger charge is -2.22. The summed E-state index contributed by atoms with van der Waals surface area (Å²) in [5, 5.41) is 4.03. The standard InChI is InChI=1S/C23H20FN3O/c1-16-4-2-3-5-20(16)23(18-8-11-25-12-9-18)26-22(28)15-27-13-10-17-6-7-19(24)14-21(17)27/h2-14,23H,15H2,1H3,(H,26,28). The van der Waals surface area contributed by atoms with Gasteiger partial charge in [0.15, 0.2) is 0 Å². The van der Waals surface area contributed by atoms with Crippen molar-refractivity contribution in [2.24, 2.45) is 0 Å². The fraction of sp³-hybridized carbons (Fsp3) is 0.130. The van der Waals surface area contributed by atoms with Crippen molar-refractivity contribution >= 4 is 16.8 Å². The summed E-state index contributed by atoms with van der Waals surface area (Å²) in [5.74, 6) is -0.464. The number of aryl methyl sites for hydroxylation is 1. The number of aromatic nitrogens is 2. The second-order valence-electron chi connectivity index (χ2n) is 6.78. The molecule has 0 aliphatic heterocycles. The van der Waals surface area contributed by atoms with Crippen molar-refractivity contribution in [3.8, 4) is 0 Å². The zero-order valence-corrected chi connectivity index (χ0v) is 15.5. The Morgan fingerprint density at radius 3 is 2.68 bits per heavy atom. The normalized spacial score (nSPS) is 12.1. The van der Waals surface area contributed by atoms with Gasteiger partial charge in [0.1, 0.15) is 12.4 Å². The fourth-order valence-electron chi connectivity index (χ4n) is 3.46. The fourth-order valence-corrected chi connectivity index (χ4v) is 3.46. The van der Waals surface area contributed by atoms with Gasteiger partial charge in [0.05, 0.1) is 11.6 Å². The van der Waals surface area contributed by atoms with Crippen LogP contribution in [0.3, 0.4) is 0 Å². The topological polar surface area (TPSA) is 46.9 Å². The Bertz CT molecular complexity index is 1120. The van der Waals surface area contributed by atoms with E-state index in [0.29, 0.717) is 5.52 Å². The van der Waals surface area contributed by atoms with Crippen LogP contribution >= 0.6 is 0 Å². The Hall–Kier alpha value is -3.47. The lowest BCUT2D eigenvalue weighted by atomic mass is 9.95. The van der Waals surface area contributed by atoms with Gasteiger partial charge in [0, 0.05) is 18.6 Å². The Balaban J connectivity index is 1.62. The average molecular weight is 373 g/mol. The minimum atomic E-state index is -0.317. The smallest absolute Gasteiger partial charge is 0.240 e. The zero-order valence-electron chi connectivity index (χ0n) is 15.5. The highest BCUT2D eigenvalue weighted by atomic mass is 19.1. The highest BCUT2D eigenvalue weighted by Crippen LogP contribution is 2.25. The van der Waals surface area contributed by atoms with E-state index in [1.165, 1.54) is 12.1 Å². The summed E-state index contributed by atoms with van der Waals surface area (Å²) in [6.07, 6.45) is 5.24. The molecule has 2 aromatic heterocycles. The van der Waals surface area contributed by atoms with Gasteiger partial charge in [-0.15, -0.1) is 0 Å². The van der Waals surface area contributed by atoms with E-state index in [4.69, 9.17) is 0 Å². The van der Waals surface area contributed by atoms with Crippen LogP contribution in [0.15, 0.2) is 79.3 Å². The zero-order chi connectivity index (χ0) is 19.5. The molecule has 140 valence electrons. The Morgan fingerprint density at radius 2 is 1.89 bits per heavy atom. The first kappa shape index (κ1) is 17.9. The van der Waals surface area contributed by atoms with Gasteiger partial charge in [-0.05, 0) is 65.4 Å². The molecule has 1 amide bonds. The third kappa shape index (κ3) is 3.64. The van der Waals surface area contributed by atoms with Crippen LogP contribution in [0, 0.1) is 12.7 Å². The summed E-state index contributed by atoms with van der Waals surface area (Å²) >= 11 is 0. The number of rotatable bonds is 5. The predicted molar refractivity (Wildman–Crippen MR) is 107 cm³/mol. The molecule has 0 aliphatic carbocycles. The molecule has 5 heteroatoms. The summed E-state index contributed by atoms with van der Waals surface area (Å²) in [7, 11) is 0.